The van der Waals surface area contributed by atoms with E-state index in [1.165, 1.54) is 12.7 Å². The Labute approximate surface area is 145 Å². The van der Waals surface area contributed by atoms with Crippen LogP contribution < -0.4 is 0 Å². The van der Waals surface area contributed by atoms with Gasteiger partial charge in [-0.05, 0) is 37.0 Å². The van der Waals surface area contributed by atoms with Crippen LogP contribution in [0.3, 0.4) is 0 Å². The third kappa shape index (κ3) is 5.84. The summed E-state index contributed by atoms with van der Waals surface area (Å²) in [6.07, 6.45) is 3.37. The van der Waals surface area contributed by atoms with Gasteiger partial charge in [-0.25, -0.2) is 0 Å². The first-order chi connectivity index (χ1) is 11.3. The Morgan fingerprint density at radius 1 is 1.08 bits per heavy atom. The number of ether oxygens (including phenoxy) is 1. The molecule has 1 rings (SSSR count). The lowest BCUT2D eigenvalue weighted by atomic mass is 10.0. The summed E-state index contributed by atoms with van der Waals surface area (Å²) in [5.41, 5.74) is 2.26. The molecule has 132 valence electrons. The van der Waals surface area contributed by atoms with Crippen molar-refractivity contribution >= 4 is 18.0 Å². The van der Waals surface area contributed by atoms with Crippen molar-refractivity contribution < 1.29 is 14.3 Å². The summed E-state index contributed by atoms with van der Waals surface area (Å²) >= 11 is 0. The molecule has 1 aromatic carbocycles. The molecule has 1 amide bonds. The average Bonchev–Trinajstić information content (AvgIpc) is 2.56. The van der Waals surface area contributed by atoms with Crippen LogP contribution in [0.5, 0.6) is 0 Å². The Kier molecular flexibility index (Phi) is 7.69. The van der Waals surface area contributed by atoms with Crippen molar-refractivity contribution in [1.29, 1.82) is 0 Å². The van der Waals surface area contributed by atoms with E-state index in [0.29, 0.717) is 12.5 Å². The lowest BCUT2D eigenvalue weighted by Crippen LogP contribution is -2.40. The van der Waals surface area contributed by atoms with Crippen molar-refractivity contribution in [3.05, 3.63) is 41.5 Å². The Bertz CT molecular complexity index is 573. The third-order valence-electron chi connectivity index (χ3n) is 4.00. The van der Waals surface area contributed by atoms with Gasteiger partial charge in [0.15, 0.2) is 0 Å². The molecular formula is C20H29NO3. The highest BCUT2D eigenvalue weighted by Gasteiger charge is 2.22. The molecule has 0 spiro atoms. The second-order valence-electron chi connectivity index (χ2n) is 6.66. The Morgan fingerprint density at radius 2 is 1.67 bits per heavy atom. The van der Waals surface area contributed by atoms with Crippen LogP contribution in [-0.4, -0.2) is 36.5 Å². The molecule has 0 radical (unpaired) electrons. The van der Waals surface area contributed by atoms with Crippen molar-refractivity contribution in [1.82, 2.24) is 4.90 Å². The molecule has 0 N–H and O–H groups in total. The first kappa shape index (κ1) is 19.9. The molecule has 0 saturated heterocycles. The molecule has 0 aliphatic rings. The zero-order chi connectivity index (χ0) is 18.3. The average molecular weight is 331 g/mol. The molecule has 0 bridgehead atoms. The topological polar surface area (TPSA) is 46.6 Å². The molecule has 1 aromatic rings. The van der Waals surface area contributed by atoms with E-state index < -0.39 is 0 Å². The SMILES string of the molecule is COC(=O)C(C)CN(C(=O)/C=C/c1ccc(C(C)C)cc1)C(C)C. The monoisotopic (exact) mass is 331 g/mol. The minimum Gasteiger partial charge on any atom is -0.469 e. The van der Waals surface area contributed by atoms with Crippen molar-refractivity contribution in [3.63, 3.8) is 0 Å². The number of carbonyl (C=O) groups excluding carboxylic acids is 2. The quantitative estimate of drug-likeness (QED) is 0.563. The lowest BCUT2D eigenvalue weighted by molar-refractivity contribution is -0.146. The highest BCUT2D eigenvalue weighted by Crippen LogP contribution is 2.15. The van der Waals surface area contributed by atoms with Crippen LogP contribution in [0.25, 0.3) is 6.08 Å². The van der Waals surface area contributed by atoms with Crippen molar-refractivity contribution in [2.75, 3.05) is 13.7 Å². The van der Waals surface area contributed by atoms with Crippen molar-refractivity contribution in [3.8, 4) is 0 Å². The molecule has 4 heteroatoms. The van der Waals surface area contributed by atoms with E-state index in [1.807, 2.05) is 32.1 Å². The number of nitrogens with zero attached hydrogens (tertiary/aromatic N) is 1. The predicted octanol–water partition coefficient (Wildman–Crippen LogP) is 3.87. The van der Waals surface area contributed by atoms with Gasteiger partial charge in [0.2, 0.25) is 5.91 Å². The van der Waals surface area contributed by atoms with E-state index >= 15 is 0 Å². The normalized spacial score (nSPS) is 12.7. The number of amides is 1. The predicted molar refractivity (Wildman–Crippen MR) is 97.6 cm³/mol. The van der Waals surface area contributed by atoms with E-state index in [0.717, 1.165) is 5.56 Å². The molecule has 24 heavy (non-hydrogen) atoms. The van der Waals surface area contributed by atoms with Crippen LogP contribution in [0, 0.1) is 5.92 Å². The zero-order valence-corrected chi connectivity index (χ0v) is 15.6. The fraction of sp³-hybridized carbons (Fsp3) is 0.500. The summed E-state index contributed by atoms with van der Waals surface area (Å²) in [7, 11) is 1.36. The molecular weight excluding hydrogens is 302 g/mol. The number of benzene rings is 1. The van der Waals surface area contributed by atoms with Gasteiger partial charge in [0.25, 0.3) is 0 Å². The molecule has 0 fully saturated rings. The number of rotatable bonds is 7. The first-order valence-corrected chi connectivity index (χ1v) is 8.42. The minimum atomic E-state index is -0.347. The van der Waals surface area contributed by atoms with Gasteiger partial charge in [-0.1, -0.05) is 45.0 Å². The second-order valence-corrected chi connectivity index (χ2v) is 6.66. The van der Waals surface area contributed by atoms with Crippen LogP contribution in [0.15, 0.2) is 30.3 Å². The zero-order valence-electron chi connectivity index (χ0n) is 15.6. The number of hydrogen-bond acceptors (Lipinski definition) is 3. The molecule has 4 nitrogen and oxygen atoms in total. The van der Waals surface area contributed by atoms with Gasteiger partial charge in [-0.15, -0.1) is 0 Å². The Morgan fingerprint density at radius 3 is 2.12 bits per heavy atom. The Hall–Kier alpha value is -2.10. The van der Waals surface area contributed by atoms with Gasteiger partial charge in [-0.3, -0.25) is 9.59 Å². The summed E-state index contributed by atoms with van der Waals surface area (Å²) in [4.78, 5) is 25.7. The smallest absolute Gasteiger partial charge is 0.310 e. The maximum atomic E-state index is 12.5. The Balaban J connectivity index is 2.79. The largest absolute Gasteiger partial charge is 0.469 e. The standard InChI is InChI=1S/C20H29NO3/c1-14(2)18-10-7-17(8-11-18)9-12-19(22)21(15(3)4)13-16(5)20(23)24-6/h7-12,14-16H,13H2,1-6H3/b12-9+. The van der Waals surface area contributed by atoms with Gasteiger partial charge in [0.05, 0.1) is 13.0 Å². The fourth-order valence-electron chi connectivity index (χ4n) is 2.38. The van der Waals surface area contributed by atoms with Crippen LogP contribution in [0.2, 0.25) is 0 Å². The summed E-state index contributed by atoms with van der Waals surface area (Å²) in [6, 6.07) is 8.19. The molecule has 0 saturated carbocycles. The molecule has 0 aromatic heterocycles. The highest BCUT2D eigenvalue weighted by atomic mass is 16.5. The summed E-state index contributed by atoms with van der Waals surface area (Å²) in [5, 5.41) is 0. The van der Waals surface area contributed by atoms with Gasteiger partial charge in [0, 0.05) is 18.7 Å². The van der Waals surface area contributed by atoms with Crippen LogP contribution in [0.4, 0.5) is 0 Å². The van der Waals surface area contributed by atoms with Crippen LogP contribution >= 0.6 is 0 Å². The van der Waals surface area contributed by atoms with E-state index in [4.69, 9.17) is 4.74 Å². The number of esters is 1. The van der Waals surface area contributed by atoms with Gasteiger partial charge in [-0.2, -0.15) is 0 Å². The summed E-state index contributed by atoms with van der Waals surface area (Å²) in [6.45, 7) is 10.3. The maximum absolute atomic E-state index is 12.5. The fourth-order valence-corrected chi connectivity index (χ4v) is 2.38. The van der Waals surface area contributed by atoms with E-state index in [9.17, 15) is 9.59 Å². The number of methoxy groups -OCH3 is 1. The van der Waals surface area contributed by atoms with E-state index in [2.05, 4.69) is 26.0 Å². The second kappa shape index (κ2) is 9.26. The molecule has 1 unspecified atom stereocenters. The maximum Gasteiger partial charge on any atom is 0.310 e. The molecule has 1 atom stereocenters. The van der Waals surface area contributed by atoms with Crippen LogP contribution in [0.1, 0.15) is 51.7 Å². The molecule has 0 heterocycles. The molecule has 0 aliphatic heterocycles. The van der Waals surface area contributed by atoms with Gasteiger partial charge in [0.1, 0.15) is 0 Å². The van der Waals surface area contributed by atoms with Gasteiger partial charge >= 0.3 is 5.97 Å². The first-order valence-electron chi connectivity index (χ1n) is 8.42. The number of hydrogen-bond donors (Lipinski definition) is 0. The van der Waals surface area contributed by atoms with Crippen LogP contribution in [-0.2, 0) is 14.3 Å². The molecule has 0 aliphatic carbocycles. The highest BCUT2D eigenvalue weighted by molar-refractivity contribution is 5.92. The third-order valence-corrected chi connectivity index (χ3v) is 4.00. The van der Waals surface area contributed by atoms with Crippen molar-refractivity contribution in [2.45, 2.75) is 46.6 Å². The van der Waals surface area contributed by atoms with E-state index in [1.54, 1.807) is 17.9 Å². The van der Waals surface area contributed by atoms with Gasteiger partial charge < -0.3 is 9.64 Å². The minimum absolute atomic E-state index is 0.0116. The lowest BCUT2D eigenvalue weighted by Gasteiger charge is -2.27. The number of carbonyl (C=O) groups is 2. The summed E-state index contributed by atoms with van der Waals surface area (Å²) in [5.74, 6) is -0.267. The summed E-state index contributed by atoms with van der Waals surface area (Å²) < 4.78 is 4.74. The van der Waals surface area contributed by atoms with E-state index in [-0.39, 0.29) is 23.8 Å². The van der Waals surface area contributed by atoms with Crippen molar-refractivity contribution in [2.24, 2.45) is 5.92 Å².